The largest absolute Gasteiger partial charge is 0.382 e. The van der Waals surface area contributed by atoms with Gasteiger partial charge in [-0.1, -0.05) is 34.2 Å². The van der Waals surface area contributed by atoms with Crippen LogP contribution < -0.4 is 0 Å². The highest BCUT2D eigenvalue weighted by Gasteiger charge is 2.09. The van der Waals surface area contributed by atoms with Gasteiger partial charge in [0.05, 0.1) is 0 Å². The van der Waals surface area contributed by atoms with Gasteiger partial charge >= 0.3 is 0 Å². The van der Waals surface area contributed by atoms with E-state index in [0.717, 1.165) is 0 Å². The number of benzene rings is 1. The van der Waals surface area contributed by atoms with E-state index in [9.17, 15) is 4.79 Å². The number of carbonyl (C=O) groups excluding carboxylic acids is 1. The molecule has 0 fully saturated rings. The van der Waals surface area contributed by atoms with Crippen molar-refractivity contribution in [2.45, 2.75) is 10.5 Å². The van der Waals surface area contributed by atoms with Crippen molar-refractivity contribution in [3.63, 3.8) is 0 Å². The van der Waals surface area contributed by atoms with E-state index in [0.29, 0.717) is 10.6 Å². The minimum absolute atomic E-state index is 0.0708. The molecule has 0 bridgehead atoms. The second kappa shape index (κ2) is 4.93. The zero-order valence-electron chi connectivity index (χ0n) is 6.71. The van der Waals surface area contributed by atoms with Gasteiger partial charge < -0.3 is 5.11 Å². The van der Waals surface area contributed by atoms with Gasteiger partial charge in [0.1, 0.15) is 4.11 Å². The molecule has 0 aliphatic carbocycles. The lowest BCUT2D eigenvalue weighted by atomic mass is 10.1. The third kappa shape index (κ3) is 3.62. The number of carbonyl (C=O) groups is 1. The molecular formula is C9H8ClIO2. The summed E-state index contributed by atoms with van der Waals surface area (Å²) < 4.78 is -0.624. The van der Waals surface area contributed by atoms with E-state index in [4.69, 9.17) is 16.7 Å². The zero-order valence-corrected chi connectivity index (χ0v) is 9.62. The Kier molecular flexibility index (Phi) is 4.15. The molecular weight excluding hydrogens is 302 g/mol. The molecule has 0 heterocycles. The number of ketones is 1. The molecule has 70 valence electrons. The predicted octanol–water partition coefficient (Wildman–Crippen LogP) is 2.67. The lowest BCUT2D eigenvalue weighted by molar-refractivity contribution is 0.0950. The van der Waals surface area contributed by atoms with Gasteiger partial charge in [-0.15, -0.1) is 0 Å². The Morgan fingerprint density at radius 1 is 1.46 bits per heavy atom. The molecule has 0 saturated carbocycles. The van der Waals surface area contributed by atoms with Crippen molar-refractivity contribution in [2.75, 3.05) is 0 Å². The first-order chi connectivity index (χ1) is 6.09. The third-order valence-electron chi connectivity index (χ3n) is 1.52. The molecule has 0 aliphatic heterocycles. The summed E-state index contributed by atoms with van der Waals surface area (Å²) in [5.41, 5.74) is 0.583. The van der Waals surface area contributed by atoms with Crippen molar-refractivity contribution in [1.29, 1.82) is 0 Å². The Balaban J connectivity index is 2.72. The minimum atomic E-state index is -0.624. The molecule has 1 aromatic rings. The molecule has 1 aromatic carbocycles. The number of halogens is 2. The van der Waals surface area contributed by atoms with Gasteiger partial charge in [-0.25, -0.2) is 0 Å². The summed E-state index contributed by atoms with van der Waals surface area (Å²) in [5, 5.41) is 9.58. The van der Waals surface area contributed by atoms with Crippen LogP contribution in [-0.2, 0) is 0 Å². The molecule has 0 spiro atoms. The molecule has 1 unspecified atom stereocenters. The molecule has 1 rings (SSSR count). The van der Waals surface area contributed by atoms with E-state index in [1.54, 1.807) is 46.9 Å². The minimum Gasteiger partial charge on any atom is -0.382 e. The number of aliphatic hydroxyl groups is 1. The summed E-state index contributed by atoms with van der Waals surface area (Å²) in [4.78, 5) is 11.4. The van der Waals surface area contributed by atoms with Gasteiger partial charge in [0.25, 0.3) is 0 Å². The summed E-state index contributed by atoms with van der Waals surface area (Å²) in [5.74, 6) is -0.0708. The van der Waals surface area contributed by atoms with Gasteiger partial charge in [0, 0.05) is 17.0 Å². The van der Waals surface area contributed by atoms with Crippen molar-refractivity contribution in [1.82, 2.24) is 0 Å². The average molecular weight is 311 g/mol. The van der Waals surface area contributed by atoms with Crippen LogP contribution in [0, 0.1) is 0 Å². The van der Waals surface area contributed by atoms with Crippen LogP contribution in [0.2, 0.25) is 5.02 Å². The quantitative estimate of drug-likeness (QED) is 0.529. The molecule has 0 aliphatic rings. The first kappa shape index (κ1) is 10.9. The van der Waals surface area contributed by atoms with E-state index in [-0.39, 0.29) is 12.2 Å². The highest BCUT2D eigenvalue weighted by atomic mass is 127. The third-order valence-corrected chi connectivity index (χ3v) is 2.21. The fourth-order valence-electron chi connectivity index (χ4n) is 0.907. The maximum absolute atomic E-state index is 11.4. The van der Waals surface area contributed by atoms with Crippen LogP contribution in [-0.4, -0.2) is 15.0 Å². The van der Waals surface area contributed by atoms with E-state index >= 15 is 0 Å². The average Bonchev–Trinajstić information content (AvgIpc) is 2.04. The lowest BCUT2D eigenvalue weighted by Crippen LogP contribution is -2.06. The van der Waals surface area contributed by atoms with E-state index in [1.165, 1.54) is 0 Å². The van der Waals surface area contributed by atoms with Gasteiger partial charge in [-0.2, -0.15) is 0 Å². The van der Waals surface area contributed by atoms with Crippen LogP contribution >= 0.6 is 34.2 Å². The Bertz CT molecular complexity index is 295. The maximum Gasteiger partial charge on any atom is 0.166 e. The molecule has 1 atom stereocenters. The zero-order chi connectivity index (χ0) is 9.84. The smallest absolute Gasteiger partial charge is 0.166 e. The van der Waals surface area contributed by atoms with Crippen LogP contribution in [0.5, 0.6) is 0 Å². The summed E-state index contributed by atoms with van der Waals surface area (Å²) in [7, 11) is 0. The lowest BCUT2D eigenvalue weighted by Gasteiger charge is -2.01. The predicted molar refractivity (Wildman–Crippen MR) is 60.4 cm³/mol. The normalized spacial score (nSPS) is 12.5. The molecule has 0 radical (unpaired) electrons. The van der Waals surface area contributed by atoms with Gasteiger partial charge in [-0.05, 0) is 24.3 Å². The summed E-state index contributed by atoms with van der Waals surface area (Å²) in [6, 6.07) is 6.64. The van der Waals surface area contributed by atoms with E-state index in [2.05, 4.69) is 0 Å². The molecule has 4 heteroatoms. The van der Waals surface area contributed by atoms with Gasteiger partial charge in [0.15, 0.2) is 5.78 Å². The van der Waals surface area contributed by atoms with Crippen molar-refractivity contribution in [3.8, 4) is 0 Å². The molecule has 0 amide bonds. The number of rotatable bonds is 3. The first-order valence-corrected chi connectivity index (χ1v) is 5.33. The molecule has 1 N–H and O–H groups in total. The van der Waals surface area contributed by atoms with Gasteiger partial charge in [0.2, 0.25) is 0 Å². The maximum atomic E-state index is 11.4. The second-order valence-corrected chi connectivity index (χ2v) is 4.44. The number of hydrogen-bond donors (Lipinski definition) is 1. The van der Waals surface area contributed by atoms with E-state index < -0.39 is 4.11 Å². The fraction of sp³-hybridized carbons (Fsp3) is 0.222. The SMILES string of the molecule is O=C(CC(O)I)c1ccc(Cl)cc1. The number of Topliss-reactive ketones (excluding diaryl/α,β-unsaturated/α-hetero) is 1. The number of alkyl halides is 1. The summed E-state index contributed by atoms with van der Waals surface area (Å²) >= 11 is 7.46. The van der Waals surface area contributed by atoms with Crippen LogP contribution in [0.4, 0.5) is 0 Å². The Morgan fingerprint density at radius 2 is 2.00 bits per heavy atom. The number of aliphatic hydroxyl groups excluding tert-OH is 1. The van der Waals surface area contributed by atoms with Crippen molar-refractivity contribution >= 4 is 40.0 Å². The van der Waals surface area contributed by atoms with E-state index in [1.807, 2.05) is 0 Å². The molecule has 2 nitrogen and oxygen atoms in total. The van der Waals surface area contributed by atoms with Crippen molar-refractivity contribution in [2.24, 2.45) is 0 Å². The molecule has 13 heavy (non-hydrogen) atoms. The molecule has 0 aromatic heterocycles. The topological polar surface area (TPSA) is 37.3 Å². The standard InChI is InChI=1S/C9H8ClIO2/c10-7-3-1-6(2-4-7)8(12)5-9(11)13/h1-4,9,13H,5H2. The Morgan fingerprint density at radius 3 is 2.46 bits per heavy atom. The second-order valence-electron chi connectivity index (χ2n) is 2.57. The summed E-state index contributed by atoms with van der Waals surface area (Å²) in [6.07, 6.45) is 0.141. The Labute approximate surface area is 95.0 Å². The highest BCUT2D eigenvalue weighted by molar-refractivity contribution is 14.1. The van der Waals surface area contributed by atoms with Crippen molar-refractivity contribution < 1.29 is 9.90 Å². The number of hydrogen-bond acceptors (Lipinski definition) is 2. The first-order valence-electron chi connectivity index (χ1n) is 3.70. The Hall–Kier alpha value is -0.130. The monoisotopic (exact) mass is 310 g/mol. The van der Waals surface area contributed by atoms with Crippen LogP contribution in [0.1, 0.15) is 16.8 Å². The van der Waals surface area contributed by atoms with Crippen molar-refractivity contribution in [3.05, 3.63) is 34.9 Å². The molecule has 0 saturated heterocycles. The van der Waals surface area contributed by atoms with Crippen LogP contribution in [0.3, 0.4) is 0 Å². The summed E-state index contributed by atoms with van der Waals surface area (Å²) in [6.45, 7) is 0. The fourth-order valence-corrected chi connectivity index (χ4v) is 1.43. The van der Waals surface area contributed by atoms with Gasteiger partial charge in [-0.3, -0.25) is 4.79 Å². The highest BCUT2D eigenvalue weighted by Crippen LogP contribution is 2.13. The van der Waals surface area contributed by atoms with Crippen LogP contribution in [0.25, 0.3) is 0 Å². The van der Waals surface area contributed by atoms with Crippen LogP contribution in [0.15, 0.2) is 24.3 Å².